The third kappa shape index (κ3) is 3.13. The Morgan fingerprint density at radius 2 is 1.95 bits per heavy atom. The zero-order valence-electron chi connectivity index (χ0n) is 10.1. The van der Waals surface area contributed by atoms with E-state index >= 15 is 0 Å². The van der Waals surface area contributed by atoms with Crippen LogP contribution in [-0.4, -0.2) is 5.91 Å². The van der Waals surface area contributed by atoms with Gasteiger partial charge in [0.1, 0.15) is 11.5 Å². The number of para-hydroxylation sites is 1. The number of nitrogens with two attached hydrogens (primary N) is 2. The summed E-state index contributed by atoms with van der Waals surface area (Å²) in [6.45, 7) is 0.443. The Bertz CT molecular complexity index is 614. The van der Waals surface area contributed by atoms with Gasteiger partial charge in [-0.15, -0.1) is 0 Å². The summed E-state index contributed by atoms with van der Waals surface area (Å²) < 4.78 is 6.54. The fraction of sp³-hybridized carbons (Fsp3) is 0.0714. The number of hydrogen-bond acceptors (Lipinski definition) is 3. The molecular weight excluding hydrogens is 308 g/mol. The molecule has 2 rings (SSSR count). The van der Waals surface area contributed by atoms with Crippen LogP contribution in [0.4, 0.5) is 0 Å². The Morgan fingerprint density at radius 3 is 2.58 bits per heavy atom. The van der Waals surface area contributed by atoms with E-state index in [-0.39, 0.29) is 0 Å². The van der Waals surface area contributed by atoms with E-state index in [0.717, 1.165) is 10.0 Å². The second kappa shape index (κ2) is 5.86. The number of hydrogen-bond donors (Lipinski definition) is 2. The Kier molecular flexibility index (Phi) is 4.19. The van der Waals surface area contributed by atoms with Crippen LogP contribution in [0.5, 0.6) is 11.5 Å². The van der Waals surface area contributed by atoms with E-state index in [1.807, 2.05) is 6.07 Å². The van der Waals surface area contributed by atoms with Gasteiger partial charge >= 0.3 is 0 Å². The maximum Gasteiger partial charge on any atom is 0.252 e. The summed E-state index contributed by atoms with van der Waals surface area (Å²) in [5.74, 6) is 0.522. The predicted octanol–water partition coefficient (Wildman–Crippen LogP) is 2.80. The molecule has 4 N–H and O–H groups in total. The van der Waals surface area contributed by atoms with Gasteiger partial charge < -0.3 is 16.2 Å². The first kappa shape index (κ1) is 13.6. The molecule has 0 saturated heterocycles. The highest BCUT2D eigenvalue weighted by Gasteiger charge is 2.09. The molecule has 1 amide bonds. The van der Waals surface area contributed by atoms with Crippen molar-refractivity contribution in [3.05, 3.63) is 58.1 Å². The minimum atomic E-state index is -0.520. The van der Waals surface area contributed by atoms with Crippen LogP contribution < -0.4 is 16.2 Å². The molecule has 0 aliphatic rings. The van der Waals surface area contributed by atoms with Gasteiger partial charge in [-0.1, -0.05) is 34.1 Å². The van der Waals surface area contributed by atoms with Crippen molar-refractivity contribution in [1.29, 1.82) is 0 Å². The highest BCUT2D eigenvalue weighted by Crippen LogP contribution is 2.28. The molecule has 0 saturated carbocycles. The van der Waals surface area contributed by atoms with Gasteiger partial charge in [-0.3, -0.25) is 4.79 Å². The van der Waals surface area contributed by atoms with E-state index in [0.29, 0.717) is 23.6 Å². The largest absolute Gasteiger partial charge is 0.456 e. The molecule has 0 radical (unpaired) electrons. The van der Waals surface area contributed by atoms with E-state index < -0.39 is 5.91 Å². The van der Waals surface area contributed by atoms with Crippen molar-refractivity contribution in [2.75, 3.05) is 0 Å². The van der Waals surface area contributed by atoms with Gasteiger partial charge in [0.25, 0.3) is 5.91 Å². The smallest absolute Gasteiger partial charge is 0.252 e. The SMILES string of the molecule is NCc1ccc(Oc2ccccc2C(N)=O)cc1Br. The topological polar surface area (TPSA) is 78.3 Å². The molecule has 0 aromatic heterocycles. The number of carbonyl (C=O) groups is 1. The minimum absolute atomic E-state index is 0.349. The average molecular weight is 321 g/mol. The fourth-order valence-corrected chi connectivity index (χ4v) is 2.16. The summed E-state index contributed by atoms with van der Waals surface area (Å²) in [4.78, 5) is 11.3. The number of primary amides is 1. The number of halogens is 1. The van der Waals surface area contributed by atoms with E-state index in [1.54, 1.807) is 36.4 Å². The molecule has 19 heavy (non-hydrogen) atoms. The lowest BCUT2D eigenvalue weighted by atomic mass is 10.2. The van der Waals surface area contributed by atoms with Crippen LogP contribution in [0.1, 0.15) is 15.9 Å². The van der Waals surface area contributed by atoms with Gasteiger partial charge in [0, 0.05) is 11.0 Å². The summed E-state index contributed by atoms with van der Waals surface area (Å²) in [5.41, 5.74) is 12.2. The maximum absolute atomic E-state index is 11.3. The van der Waals surface area contributed by atoms with Crippen molar-refractivity contribution in [1.82, 2.24) is 0 Å². The van der Waals surface area contributed by atoms with Gasteiger partial charge in [0.2, 0.25) is 0 Å². The first-order chi connectivity index (χ1) is 9.11. The molecule has 2 aromatic rings. The van der Waals surface area contributed by atoms with Gasteiger partial charge in [-0.2, -0.15) is 0 Å². The average Bonchev–Trinajstić information content (AvgIpc) is 2.39. The standard InChI is InChI=1S/C14H13BrN2O2/c15-12-7-10(6-5-9(12)8-16)19-13-4-2-1-3-11(13)14(17)18/h1-7H,8,16H2,(H2,17,18). The third-order valence-corrected chi connectivity index (χ3v) is 3.36. The number of carbonyl (C=O) groups excluding carboxylic acids is 1. The molecule has 0 atom stereocenters. The quantitative estimate of drug-likeness (QED) is 0.909. The number of ether oxygens (including phenoxy) is 1. The van der Waals surface area contributed by atoms with E-state index in [4.69, 9.17) is 16.2 Å². The fourth-order valence-electron chi connectivity index (χ4n) is 1.64. The van der Waals surface area contributed by atoms with Crippen molar-refractivity contribution >= 4 is 21.8 Å². The summed E-state index contributed by atoms with van der Waals surface area (Å²) in [5, 5.41) is 0. The number of benzene rings is 2. The molecule has 2 aromatic carbocycles. The molecule has 0 aliphatic carbocycles. The van der Waals surface area contributed by atoms with Gasteiger partial charge in [0.15, 0.2) is 0 Å². The Hall–Kier alpha value is -1.85. The van der Waals surface area contributed by atoms with Gasteiger partial charge in [0.05, 0.1) is 5.56 Å². The van der Waals surface area contributed by atoms with E-state index in [1.165, 1.54) is 0 Å². The molecule has 0 aliphatic heterocycles. The lowest BCUT2D eigenvalue weighted by Gasteiger charge is -2.10. The highest BCUT2D eigenvalue weighted by atomic mass is 79.9. The second-order valence-electron chi connectivity index (χ2n) is 3.92. The summed E-state index contributed by atoms with van der Waals surface area (Å²) in [6, 6.07) is 12.3. The van der Waals surface area contributed by atoms with Gasteiger partial charge in [-0.25, -0.2) is 0 Å². The minimum Gasteiger partial charge on any atom is -0.456 e. The highest BCUT2D eigenvalue weighted by molar-refractivity contribution is 9.10. The zero-order valence-corrected chi connectivity index (χ0v) is 11.7. The molecule has 0 spiro atoms. The van der Waals surface area contributed by atoms with Crippen LogP contribution in [0, 0.1) is 0 Å². The van der Waals surface area contributed by atoms with Crippen molar-refractivity contribution in [2.24, 2.45) is 11.5 Å². The van der Waals surface area contributed by atoms with Crippen LogP contribution >= 0.6 is 15.9 Å². The van der Waals surface area contributed by atoms with Crippen molar-refractivity contribution in [3.8, 4) is 11.5 Å². The number of rotatable bonds is 4. The summed E-state index contributed by atoms with van der Waals surface area (Å²) in [6.07, 6.45) is 0. The molecule has 0 bridgehead atoms. The van der Waals surface area contributed by atoms with Crippen LogP contribution in [0.15, 0.2) is 46.9 Å². The molecule has 0 unspecified atom stereocenters. The molecular formula is C14H13BrN2O2. The Balaban J connectivity index is 2.31. The molecule has 98 valence electrons. The first-order valence-corrected chi connectivity index (χ1v) is 6.46. The van der Waals surface area contributed by atoms with Gasteiger partial charge in [-0.05, 0) is 29.8 Å². The first-order valence-electron chi connectivity index (χ1n) is 5.67. The Labute approximate surface area is 119 Å². The van der Waals surface area contributed by atoms with Crippen molar-refractivity contribution in [2.45, 2.75) is 6.54 Å². The van der Waals surface area contributed by atoms with Crippen LogP contribution in [0.3, 0.4) is 0 Å². The van der Waals surface area contributed by atoms with Crippen LogP contribution in [0.2, 0.25) is 0 Å². The number of amides is 1. The van der Waals surface area contributed by atoms with Crippen molar-refractivity contribution < 1.29 is 9.53 Å². The van der Waals surface area contributed by atoms with Crippen molar-refractivity contribution in [3.63, 3.8) is 0 Å². The monoisotopic (exact) mass is 320 g/mol. The maximum atomic E-state index is 11.3. The van der Waals surface area contributed by atoms with Crippen LogP contribution in [0.25, 0.3) is 0 Å². The Morgan fingerprint density at radius 1 is 1.21 bits per heavy atom. The second-order valence-corrected chi connectivity index (χ2v) is 4.77. The normalized spacial score (nSPS) is 10.2. The zero-order chi connectivity index (χ0) is 13.8. The molecule has 0 heterocycles. The lowest BCUT2D eigenvalue weighted by molar-refractivity contribution is 0.0998. The molecule has 5 heteroatoms. The third-order valence-electron chi connectivity index (χ3n) is 2.62. The summed E-state index contributed by atoms with van der Waals surface area (Å²) in [7, 11) is 0. The van der Waals surface area contributed by atoms with Crippen LogP contribution in [-0.2, 0) is 6.54 Å². The molecule has 4 nitrogen and oxygen atoms in total. The predicted molar refractivity (Wildman–Crippen MR) is 77.1 cm³/mol. The lowest BCUT2D eigenvalue weighted by Crippen LogP contribution is -2.12. The van der Waals surface area contributed by atoms with E-state index in [2.05, 4.69) is 15.9 Å². The molecule has 0 fully saturated rings. The van der Waals surface area contributed by atoms with E-state index in [9.17, 15) is 4.79 Å². The summed E-state index contributed by atoms with van der Waals surface area (Å²) >= 11 is 3.42.